The number of carbonyl (C=O) groups excluding carboxylic acids is 1. The highest BCUT2D eigenvalue weighted by Crippen LogP contribution is 2.35. The Morgan fingerprint density at radius 2 is 1.76 bits per heavy atom. The molecule has 0 fully saturated rings. The van der Waals surface area contributed by atoms with Crippen molar-refractivity contribution in [3.8, 4) is 11.5 Å². The van der Waals surface area contributed by atoms with Crippen LogP contribution in [0.1, 0.15) is 21.5 Å². The molecular weight excluding hydrogens is 288 g/mol. The molecule has 21 heavy (non-hydrogen) atoms. The highest BCUT2D eigenvalue weighted by molar-refractivity contribution is 5.79. The van der Waals surface area contributed by atoms with E-state index in [2.05, 4.69) is 0 Å². The molecule has 2 nitrogen and oxygen atoms in total. The highest BCUT2D eigenvalue weighted by Gasteiger charge is 2.31. The van der Waals surface area contributed by atoms with Gasteiger partial charge in [-0.1, -0.05) is 0 Å². The zero-order chi connectivity index (χ0) is 15.6. The fourth-order valence-electron chi connectivity index (χ4n) is 1.74. The van der Waals surface area contributed by atoms with Crippen LogP contribution in [0.15, 0.2) is 36.4 Å². The van der Waals surface area contributed by atoms with E-state index in [1.54, 1.807) is 6.92 Å². The van der Waals surface area contributed by atoms with Crippen molar-refractivity contribution in [2.24, 2.45) is 0 Å². The topological polar surface area (TPSA) is 26.3 Å². The largest absolute Gasteiger partial charge is 0.456 e. The molecule has 0 aliphatic rings. The molecule has 6 heteroatoms. The van der Waals surface area contributed by atoms with Crippen LogP contribution in [0.2, 0.25) is 0 Å². The van der Waals surface area contributed by atoms with Gasteiger partial charge < -0.3 is 4.74 Å². The summed E-state index contributed by atoms with van der Waals surface area (Å²) in [6.07, 6.45) is -4.15. The van der Waals surface area contributed by atoms with Crippen LogP contribution in [0.4, 0.5) is 17.6 Å². The maximum Gasteiger partial charge on any atom is 0.416 e. The van der Waals surface area contributed by atoms with Gasteiger partial charge in [0.2, 0.25) is 0 Å². The minimum absolute atomic E-state index is 0.0216. The quantitative estimate of drug-likeness (QED) is 0.603. The molecule has 0 unspecified atom stereocenters. The van der Waals surface area contributed by atoms with Gasteiger partial charge >= 0.3 is 6.18 Å². The first-order chi connectivity index (χ1) is 9.81. The summed E-state index contributed by atoms with van der Waals surface area (Å²) >= 11 is 0. The summed E-state index contributed by atoms with van der Waals surface area (Å²) in [4.78, 5) is 10.9. The standard InChI is InChI=1S/C15H10F4O2/c1-9-6-12(16)4-5-13(9)21-14-7-11(15(17,18)19)3-2-10(14)8-20/h2-8H,1H3. The monoisotopic (exact) mass is 298 g/mol. The predicted octanol–water partition coefficient (Wildman–Crippen LogP) is 4.76. The minimum atomic E-state index is -4.54. The molecule has 0 N–H and O–H groups in total. The molecule has 0 aromatic heterocycles. The highest BCUT2D eigenvalue weighted by atomic mass is 19.4. The predicted molar refractivity (Wildman–Crippen MR) is 68.0 cm³/mol. The van der Waals surface area contributed by atoms with Gasteiger partial charge in [-0.25, -0.2) is 4.39 Å². The second-order valence-corrected chi connectivity index (χ2v) is 4.38. The Kier molecular flexibility index (Phi) is 3.97. The maximum atomic E-state index is 13.0. The van der Waals surface area contributed by atoms with Gasteiger partial charge in [-0.05, 0) is 48.9 Å². The van der Waals surface area contributed by atoms with E-state index in [1.165, 1.54) is 12.1 Å². The third-order valence-corrected chi connectivity index (χ3v) is 2.82. The van der Waals surface area contributed by atoms with Crippen molar-refractivity contribution in [3.05, 3.63) is 58.9 Å². The summed E-state index contributed by atoms with van der Waals surface area (Å²) in [5.41, 5.74) is -0.543. The number of rotatable bonds is 3. The molecule has 0 aliphatic heterocycles. The zero-order valence-electron chi connectivity index (χ0n) is 10.9. The normalized spacial score (nSPS) is 11.3. The Morgan fingerprint density at radius 3 is 2.33 bits per heavy atom. The Morgan fingerprint density at radius 1 is 1.05 bits per heavy atom. The number of aryl methyl sites for hydroxylation is 1. The summed E-state index contributed by atoms with van der Waals surface area (Å²) < 4.78 is 56.4. The van der Waals surface area contributed by atoms with Crippen molar-refractivity contribution in [1.29, 1.82) is 0 Å². The Bertz CT molecular complexity index is 678. The van der Waals surface area contributed by atoms with Gasteiger partial charge in [0, 0.05) is 0 Å². The van der Waals surface area contributed by atoms with Crippen molar-refractivity contribution in [2.45, 2.75) is 13.1 Å². The van der Waals surface area contributed by atoms with E-state index in [1.807, 2.05) is 0 Å². The third kappa shape index (κ3) is 3.39. The maximum absolute atomic E-state index is 13.0. The first-order valence-electron chi connectivity index (χ1n) is 5.91. The van der Waals surface area contributed by atoms with Crippen LogP contribution < -0.4 is 4.74 Å². The van der Waals surface area contributed by atoms with E-state index < -0.39 is 17.6 Å². The Labute approximate surface area is 118 Å². The van der Waals surface area contributed by atoms with Crippen LogP contribution >= 0.6 is 0 Å². The van der Waals surface area contributed by atoms with Gasteiger partial charge in [-0.3, -0.25) is 4.79 Å². The lowest BCUT2D eigenvalue weighted by atomic mass is 10.1. The first-order valence-corrected chi connectivity index (χ1v) is 5.91. The average molecular weight is 298 g/mol. The number of hydrogen-bond donors (Lipinski definition) is 0. The Hall–Kier alpha value is -2.37. The third-order valence-electron chi connectivity index (χ3n) is 2.82. The van der Waals surface area contributed by atoms with Crippen LogP contribution in [0, 0.1) is 12.7 Å². The summed E-state index contributed by atoms with van der Waals surface area (Å²) in [7, 11) is 0. The van der Waals surface area contributed by atoms with Crippen LogP contribution in [0.25, 0.3) is 0 Å². The fourth-order valence-corrected chi connectivity index (χ4v) is 1.74. The first kappa shape index (κ1) is 15.0. The molecule has 2 aromatic rings. The molecule has 2 aromatic carbocycles. The molecule has 0 atom stereocenters. The SMILES string of the molecule is Cc1cc(F)ccc1Oc1cc(C(F)(F)F)ccc1C=O. The van der Waals surface area contributed by atoms with Crippen molar-refractivity contribution in [3.63, 3.8) is 0 Å². The van der Waals surface area contributed by atoms with E-state index in [9.17, 15) is 22.4 Å². The lowest BCUT2D eigenvalue weighted by Crippen LogP contribution is -2.05. The van der Waals surface area contributed by atoms with E-state index in [0.29, 0.717) is 11.8 Å². The molecule has 0 bridgehead atoms. The lowest BCUT2D eigenvalue weighted by molar-refractivity contribution is -0.137. The summed E-state index contributed by atoms with van der Waals surface area (Å²) in [5.74, 6) is -0.534. The molecule has 0 radical (unpaired) electrons. The van der Waals surface area contributed by atoms with Gasteiger partial charge in [0.05, 0.1) is 11.1 Å². The number of carbonyl (C=O) groups is 1. The smallest absolute Gasteiger partial charge is 0.416 e. The molecule has 0 spiro atoms. The van der Waals surface area contributed by atoms with E-state index in [4.69, 9.17) is 4.74 Å². The molecule has 0 amide bonds. The van der Waals surface area contributed by atoms with Gasteiger partial charge in [-0.15, -0.1) is 0 Å². The second-order valence-electron chi connectivity index (χ2n) is 4.38. The molecule has 0 saturated carbocycles. The summed E-state index contributed by atoms with van der Waals surface area (Å²) in [5, 5.41) is 0. The number of halogens is 4. The zero-order valence-corrected chi connectivity index (χ0v) is 10.9. The number of benzene rings is 2. The van der Waals surface area contributed by atoms with Crippen LogP contribution in [-0.4, -0.2) is 6.29 Å². The fraction of sp³-hybridized carbons (Fsp3) is 0.133. The Balaban J connectivity index is 2.44. The van der Waals surface area contributed by atoms with E-state index >= 15 is 0 Å². The van der Waals surface area contributed by atoms with Gasteiger partial charge in [0.1, 0.15) is 17.3 Å². The van der Waals surface area contributed by atoms with Crippen LogP contribution in [0.5, 0.6) is 11.5 Å². The molecule has 0 aliphatic carbocycles. The molecule has 0 heterocycles. The number of alkyl halides is 3. The van der Waals surface area contributed by atoms with Gasteiger partial charge in [0.25, 0.3) is 0 Å². The van der Waals surface area contributed by atoms with Crippen molar-refractivity contribution >= 4 is 6.29 Å². The molecule has 110 valence electrons. The summed E-state index contributed by atoms with van der Waals surface area (Å²) in [6, 6.07) is 6.17. The van der Waals surface area contributed by atoms with Crippen molar-refractivity contribution in [1.82, 2.24) is 0 Å². The number of ether oxygens (including phenoxy) is 1. The van der Waals surface area contributed by atoms with Crippen molar-refractivity contribution in [2.75, 3.05) is 0 Å². The lowest BCUT2D eigenvalue weighted by Gasteiger charge is -2.13. The van der Waals surface area contributed by atoms with E-state index in [0.717, 1.165) is 24.3 Å². The van der Waals surface area contributed by atoms with Gasteiger partial charge in [0.15, 0.2) is 6.29 Å². The summed E-state index contributed by atoms with van der Waals surface area (Å²) in [6.45, 7) is 1.55. The number of aldehydes is 1. The van der Waals surface area contributed by atoms with Crippen LogP contribution in [0.3, 0.4) is 0 Å². The average Bonchev–Trinajstić information content (AvgIpc) is 2.41. The number of hydrogen-bond acceptors (Lipinski definition) is 2. The molecular formula is C15H10F4O2. The van der Waals surface area contributed by atoms with Crippen LogP contribution in [-0.2, 0) is 6.18 Å². The van der Waals surface area contributed by atoms with Crippen molar-refractivity contribution < 1.29 is 27.1 Å². The van der Waals surface area contributed by atoms with E-state index in [-0.39, 0.29) is 17.1 Å². The molecule has 2 rings (SSSR count). The minimum Gasteiger partial charge on any atom is -0.456 e. The van der Waals surface area contributed by atoms with Gasteiger partial charge in [-0.2, -0.15) is 13.2 Å². The second kappa shape index (κ2) is 5.55. The molecule has 0 saturated heterocycles.